The molecule has 7 nitrogen and oxygen atoms in total. The van der Waals surface area contributed by atoms with Crippen molar-refractivity contribution in [3.05, 3.63) is 53.6 Å². The summed E-state index contributed by atoms with van der Waals surface area (Å²) in [5.41, 5.74) is 2.32. The van der Waals surface area contributed by atoms with Crippen LogP contribution in [0.4, 0.5) is 0 Å². The lowest BCUT2D eigenvalue weighted by Gasteiger charge is -2.32. The topological polar surface area (TPSA) is 77.1 Å². The molecule has 0 radical (unpaired) electrons. The van der Waals surface area contributed by atoms with Gasteiger partial charge in [-0.15, -0.1) is 0 Å². The number of rotatable bonds is 8. The molecule has 2 amide bonds. The SMILES string of the molecule is COc1ccccc1OCC(=O)N1CCC(NC(=O)COc2ccc(C)c(C)c2)CC1. The number of carbonyl (C=O) groups excluding carboxylic acids is 2. The lowest BCUT2D eigenvalue weighted by Crippen LogP contribution is -2.48. The minimum Gasteiger partial charge on any atom is -0.493 e. The molecule has 2 aromatic rings. The third-order valence-corrected chi connectivity index (χ3v) is 5.48. The largest absolute Gasteiger partial charge is 0.493 e. The molecule has 0 bridgehead atoms. The number of amides is 2. The Labute approximate surface area is 183 Å². The molecule has 0 aliphatic carbocycles. The highest BCUT2D eigenvalue weighted by molar-refractivity contribution is 5.79. The van der Waals surface area contributed by atoms with Gasteiger partial charge in [0, 0.05) is 19.1 Å². The minimum atomic E-state index is -0.150. The van der Waals surface area contributed by atoms with Gasteiger partial charge in [0.15, 0.2) is 24.7 Å². The Kier molecular flexibility index (Phi) is 7.76. The predicted octanol–water partition coefficient (Wildman–Crippen LogP) is 2.88. The first-order valence-corrected chi connectivity index (χ1v) is 10.5. The van der Waals surface area contributed by atoms with Crippen molar-refractivity contribution in [2.45, 2.75) is 32.7 Å². The number of ether oxygens (including phenoxy) is 3. The van der Waals surface area contributed by atoms with Crippen molar-refractivity contribution < 1.29 is 23.8 Å². The quantitative estimate of drug-likeness (QED) is 0.702. The van der Waals surface area contributed by atoms with E-state index in [0.29, 0.717) is 43.2 Å². The molecule has 0 atom stereocenters. The van der Waals surface area contributed by atoms with Gasteiger partial charge in [-0.1, -0.05) is 18.2 Å². The Balaban J connectivity index is 1.38. The van der Waals surface area contributed by atoms with Gasteiger partial charge in [0.25, 0.3) is 11.8 Å². The second-order valence-electron chi connectivity index (χ2n) is 7.70. The van der Waals surface area contributed by atoms with Crippen molar-refractivity contribution in [3.8, 4) is 17.2 Å². The van der Waals surface area contributed by atoms with Gasteiger partial charge in [-0.3, -0.25) is 9.59 Å². The van der Waals surface area contributed by atoms with Crippen molar-refractivity contribution in [3.63, 3.8) is 0 Å². The highest BCUT2D eigenvalue weighted by Crippen LogP contribution is 2.25. The Hall–Kier alpha value is -3.22. The number of nitrogens with one attached hydrogen (secondary N) is 1. The van der Waals surface area contributed by atoms with E-state index >= 15 is 0 Å². The number of methoxy groups -OCH3 is 1. The summed E-state index contributed by atoms with van der Waals surface area (Å²) in [6.07, 6.45) is 1.41. The van der Waals surface area contributed by atoms with E-state index in [2.05, 4.69) is 5.32 Å². The van der Waals surface area contributed by atoms with E-state index in [0.717, 1.165) is 5.56 Å². The van der Waals surface area contributed by atoms with Crippen LogP contribution < -0.4 is 19.5 Å². The van der Waals surface area contributed by atoms with Crippen LogP contribution in [0.1, 0.15) is 24.0 Å². The standard InChI is InChI=1S/C24H30N2O5/c1-17-8-9-20(14-18(17)2)30-15-23(27)25-19-10-12-26(13-11-19)24(28)16-31-22-7-5-4-6-21(22)29-3/h4-9,14,19H,10-13,15-16H2,1-3H3,(H,25,27). The minimum absolute atomic E-state index is 0.0195. The van der Waals surface area contributed by atoms with Crippen LogP contribution in [-0.2, 0) is 9.59 Å². The van der Waals surface area contributed by atoms with Gasteiger partial charge in [-0.25, -0.2) is 0 Å². The Bertz CT molecular complexity index is 907. The maximum atomic E-state index is 12.5. The van der Waals surface area contributed by atoms with Gasteiger partial charge < -0.3 is 24.4 Å². The highest BCUT2D eigenvalue weighted by Gasteiger charge is 2.24. The molecule has 0 aromatic heterocycles. The van der Waals surface area contributed by atoms with Gasteiger partial charge in [0.2, 0.25) is 0 Å². The van der Waals surface area contributed by atoms with Crippen LogP contribution in [0.3, 0.4) is 0 Å². The fourth-order valence-electron chi connectivity index (χ4n) is 3.46. The van der Waals surface area contributed by atoms with Crippen LogP contribution in [-0.4, -0.2) is 56.2 Å². The third-order valence-electron chi connectivity index (χ3n) is 5.48. The molecule has 0 spiro atoms. The average molecular weight is 427 g/mol. The summed E-state index contributed by atoms with van der Waals surface area (Å²) < 4.78 is 16.4. The van der Waals surface area contributed by atoms with E-state index in [1.807, 2.05) is 44.2 Å². The summed E-state index contributed by atoms with van der Waals surface area (Å²) >= 11 is 0. The van der Waals surface area contributed by atoms with Crippen LogP contribution in [0, 0.1) is 13.8 Å². The van der Waals surface area contributed by atoms with E-state index in [4.69, 9.17) is 14.2 Å². The maximum absolute atomic E-state index is 12.5. The molecule has 1 aliphatic rings. The van der Waals surface area contributed by atoms with Crippen molar-refractivity contribution in [2.75, 3.05) is 33.4 Å². The number of aryl methyl sites for hydroxylation is 2. The van der Waals surface area contributed by atoms with Gasteiger partial charge >= 0.3 is 0 Å². The number of para-hydroxylation sites is 2. The second kappa shape index (κ2) is 10.7. The summed E-state index contributed by atoms with van der Waals surface area (Å²) in [4.78, 5) is 26.5. The zero-order valence-electron chi connectivity index (χ0n) is 18.3. The van der Waals surface area contributed by atoms with E-state index in [1.54, 1.807) is 24.1 Å². The van der Waals surface area contributed by atoms with Crippen LogP contribution in [0.15, 0.2) is 42.5 Å². The summed E-state index contributed by atoms with van der Waals surface area (Å²) in [5.74, 6) is 1.61. The average Bonchev–Trinajstić information content (AvgIpc) is 2.79. The predicted molar refractivity (Wildman–Crippen MR) is 118 cm³/mol. The van der Waals surface area contributed by atoms with E-state index in [9.17, 15) is 9.59 Å². The number of piperidine rings is 1. The number of nitrogens with zero attached hydrogens (tertiary/aromatic N) is 1. The first-order chi connectivity index (χ1) is 15.0. The number of hydrogen-bond acceptors (Lipinski definition) is 5. The molecule has 1 saturated heterocycles. The first-order valence-electron chi connectivity index (χ1n) is 10.5. The van der Waals surface area contributed by atoms with Crippen molar-refractivity contribution in [1.82, 2.24) is 10.2 Å². The lowest BCUT2D eigenvalue weighted by molar-refractivity contribution is -0.134. The summed E-state index contributed by atoms with van der Waals surface area (Å²) in [7, 11) is 1.57. The fourth-order valence-corrected chi connectivity index (χ4v) is 3.46. The lowest BCUT2D eigenvalue weighted by atomic mass is 10.1. The zero-order chi connectivity index (χ0) is 22.2. The molecule has 1 N–H and O–H groups in total. The number of benzene rings is 2. The van der Waals surface area contributed by atoms with Gasteiger partial charge in [-0.2, -0.15) is 0 Å². The summed E-state index contributed by atoms with van der Waals surface area (Å²) in [6.45, 7) is 5.15. The normalized spacial score (nSPS) is 14.1. The van der Waals surface area contributed by atoms with E-state index in [1.165, 1.54) is 5.56 Å². The van der Waals surface area contributed by atoms with Gasteiger partial charge in [0.1, 0.15) is 5.75 Å². The number of likely N-dealkylation sites (tertiary alicyclic amines) is 1. The maximum Gasteiger partial charge on any atom is 0.260 e. The van der Waals surface area contributed by atoms with E-state index < -0.39 is 0 Å². The Morgan fingerprint density at radius 2 is 1.68 bits per heavy atom. The molecule has 0 saturated carbocycles. The fraction of sp³-hybridized carbons (Fsp3) is 0.417. The monoisotopic (exact) mass is 426 g/mol. The van der Waals surface area contributed by atoms with Gasteiger partial charge in [-0.05, 0) is 62.1 Å². The molecule has 1 fully saturated rings. The Morgan fingerprint density at radius 1 is 0.968 bits per heavy atom. The van der Waals surface area contributed by atoms with Crippen molar-refractivity contribution >= 4 is 11.8 Å². The molecular weight excluding hydrogens is 396 g/mol. The van der Waals surface area contributed by atoms with Crippen molar-refractivity contribution in [2.24, 2.45) is 0 Å². The molecule has 0 unspecified atom stereocenters. The van der Waals surface area contributed by atoms with Crippen LogP contribution in [0.2, 0.25) is 0 Å². The molecule has 1 heterocycles. The molecule has 31 heavy (non-hydrogen) atoms. The van der Waals surface area contributed by atoms with Crippen LogP contribution in [0.5, 0.6) is 17.2 Å². The molecule has 166 valence electrons. The van der Waals surface area contributed by atoms with Crippen molar-refractivity contribution in [1.29, 1.82) is 0 Å². The van der Waals surface area contributed by atoms with Crippen LogP contribution >= 0.6 is 0 Å². The van der Waals surface area contributed by atoms with Crippen LogP contribution in [0.25, 0.3) is 0 Å². The third kappa shape index (κ3) is 6.38. The molecule has 2 aromatic carbocycles. The summed E-state index contributed by atoms with van der Waals surface area (Å²) in [6, 6.07) is 13.1. The number of hydrogen-bond donors (Lipinski definition) is 1. The molecular formula is C24H30N2O5. The van der Waals surface area contributed by atoms with E-state index in [-0.39, 0.29) is 31.1 Å². The van der Waals surface area contributed by atoms with Gasteiger partial charge in [0.05, 0.1) is 7.11 Å². The highest BCUT2D eigenvalue weighted by atomic mass is 16.5. The smallest absolute Gasteiger partial charge is 0.260 e. The number of carbonyl (C=O) groups is 2. The Morgan fingerprint density at radius 3 is 2.35 bits per heavy atom. The second-order valence-corrected chi connectivity index (χ2v) is 7.70. The zero-order valence-corrected chi connectivity index (χ0v) is 18.3. The first kappa shape index (κ1) is 22.5. The molecule has 1 aliphatic heterocycles. The molecule has 3 rings (SSSR count). The summed E-state index contributed by atoms with van der Waals surface area (Å²) in [5, 5.41) is 3.00. The molecule has 7 heteroatoms.